The van der Waals surface area contributed by atoms with Crippen LogP contribution in [0.15, 0.2) is 30.3 Å². The number of piperidine rings is 1. The second-order valence-corrected chi connectivity index (χ2v) is 12.4. The summed E-state index contributed by atoms with van der Waals surface area (Å²) in [7, 11) is 0. The minimum atomic E-state index is -0.101. The van der Waals surface area contributed by atoms with E-state index in [4.69, 9.17) is 5.73 Å². The molecule has 2 N–H and O–H groups in total. The number of carbonyl (C=O) groups is 1. The Kier molecular flexibility index (Phi) is 4.09. The molecule has 5 aliphatic carbocycles. The van der Waals surface area contributed by atoms with E-state index >= 15 is 0 Å². The standard InChI is InChI=1S/C27H38N2O/c1-25(2)17-29(11-10-23(25)28)24(30)27-14-19-13-26(16-27,20-6-4-3-5-7-20)15-22(27)21(19)12-18-8-9-18/h3-7,18-19,21-23H,8-17,28H2,1-2H3/t19?,21?,22?,23-,26?,27?/m0/s1. The zero-order valence-corrected chi connectivity index (χ0v) is 18.8. The van der Waals surface area contributed by atoms with Crippen LogP contribution in [0.3, 0.4) is 0 Å². The fourth-order valence-electron chi connectivity index (χ4n) is 8.45. The maximum Gasteiger partial charge on any atom is 0.229 e. The first-order valence-corrected chi connectivity index (χ1v) is 12.4. The molecule has 0 aromatic heterocycles. The summed E-state index contributed by atoms with van der Waals surface area (Å²) in [6.45, 7) is 6.18. The van der Waals surface area contributed by atoms with E-state index in [0.717, 1.165) is 50.1 Å². The fraction of sp³-hybridized carbons (Fsp3) is 0.741. The quantitative estimate of drug-likeness (QED) is 0.784. The van der Waals surface area contributed by atoms with E-state index < -0.39 is 0 Å². The molecule has 1 aliphatic heterocycles. The second-order valence-electron chi connectivity index (χ2n) is 12.4. The minimum Gasteiger partial charge on any atom is -0.342 e. The molecule has 5 saturated carbocycles. The highest BCUT2D eigenvalue weighted by Crippen LogP contribution is 2.74. The summed E-state index contributed by atoms with van der Waals surface area (Å²) in [4.78, 5) is 16.5. The molecular weight excluding hydrogens is 368 g/mol. The SMILES string of the molecule is CC1(C)CN(C(=O)C23CC4CC(c5ccccc5)(CC2C4CC2CC2)C3)CC[C@@H]1N. The van der Waals surface area contributed by atoms with Crippen molar-refractivity contribution in [3.8, 4) is 0 Å². The summed E-state index contributed by atoms with van der Waals surface area (Å²) in [6.07, 6.45) is 10.0. The molecular formula is C27H38N2O. The summed E-state index contributed by atoms with van der Waals surface area (Å²) in [5.41, 5.74) is 8.07. The van der Waals surface area contributed by atoms with Gasteiger partial charge in [0.15, 0.2) is 0 Å². The number of likely N-dealkylation sites (tertiary alicyclic amines) is 1. The largest absolute Gasteiger partial charge is 0.342 e. The summed E-state index contributed by atoms with van der Waals surface area (Å²) in [5, 5.41) is 0. The van der Waals surface area contributed by atoms with Gasteiger partial charge in [-0.25, -0.2) is 0 Å². The minimum absolute atomic E-state index is 0.0186. The molecule has 1 amide bonds. The van der Waals surface area contributed by atoms with E-state index in [2.05, 4.69) is 49.1 Å². The number of nitrogens with two attached hydrogens (primary N) is 1. The van der Waals surface area contributed by atoms with Crippen LogP contribution >= 0.6 is 0 Å². The lowest BCUT2D eigenvalue weighted by molar-refractivity contribution is -0.148. The van der Waals surface area contributed by atoms with Crippen molar-refractivity contribution in [1.82, 2.24) is 4.90 Å². The van der Waals surface area contributed by atoms with Crippen molar-refractivity contribution < 1.29 is 4.79 Å². The van der Waals surface area contributed by atoms with E-state index in [1.807, 2.05) is 0 Å². The Morgan fingerprint density at radius 2 is 1.87 bits per heavy atom. The lowest BCUT2D eigenvalue weighted by Gasteiger charge is -2.47. The van der Waals surface area contributed by atoms with E-state index in [0.29, 0.717) is 11.8 Å². The number of hydrogen-bond acceptors (Lipinski definition) is 2. The third-order valence-corrected chi connectivity index (χ3v) is 10.1. The first-order valence-electron chi connectivity index (χ1n) is 12.4. The number of nitrogens with zero attached hydrogens (tertiary/aromatic N) is 1. The molecule has 3 nitrogen and oxygen atoms in total. The molecule has 30 heavy (non-hydrogen) atoms. The van der Waals surface area contributed by atoms with E-state index in [-0.39, 0.29) is 22.3 Å². The molecule has 6 fully saturated rings. The highest BCUT2D eigenvalue weighted by atomic mass is 16.2. The zero-order chi connectivity index (χ0) is 20.7. The van der Waals surface area contributed by atoms with Crippen molar-refractivity contribution in [2.45, 2.75) is 76.7 Å². The molecule has 1 aromatic rings. The molecule has 1 aromatic carbocycles. The number of rotatable bonds is 4. The smallest absolute Gasteiger partial charge is 0.229 e. The zero-order valence-electron chi connectivity index (χ0n) is 18.8. The molecule has 6 atom stereocenters. The van der Waals surface area contributed by atoms with Crippen molar-refractivity contribution in [3.05, 3.63) is 35.9 Å². The van der Waals surface area contributed by atoms with Gasteiger partial charge in [0.2, 0.25) is 5.91 Å². The molecule has 7 rings (SSSR count). The summed E-state index contributed by atoms with van der Waals surface area (Å²) in [6, 6.07) is 11.4. The Morgan fingerprint density at radius 1 is 1.10 bits per heavy atom. The third kappa shape index (κ3) is 2.70. The molecule has 162 valence electrons. The van der Waals surface area contributed by atoms with E-state index in [1.165, 1.54) is 37.7 Å². The van der Waals surface area contributed by atoms with Crippen LogP contribution in [0.4, 0.5) is 0 Å². The summed E-state index contributed by atoms with van der Waals surface area (Å²) >= 11 is 0. The van der Waals surface area contributed by atoms with Crippen LogP contribution in [-0.2, 0) is 10.2 Å². The number of carbonyl (C=O) groups excluding carboxylic acids is 1. The van der Waals surface area contributed by atoms with Crippen LogP contribution < -0.4 is 5.73 Å². The van der Waals surface area contributed by atoms with Gasteiger partial charge in [-0.3, -0.25) is 4.79 Å². The van der Waals surface area contributed by atoms with Crippen molar-refractivity contribution in [2.75, 3.05) is 13.1 Å². The lowest BCUT2D eigenvalue weighted by atomic mass is 9.61. The second kappa shape index (κ2) is 6.34. The molecule has 5 unspecified atom stereocenters. The average molecular weight is 407 g/mol. The predicted octanol–water partition coefficient (Wildman–Crippen LogP) is 4.75. The normalized spacial score (nSPS) is 43.9. The van der Waals surface area contributed by atoms with Crippen molar-refractivity contribution in [3.63, 3.8) is 0 Å². The van der Waals surface area contributed by atoms with Gasteiger partial charge < -0.3 is 10.6 Å². The van der Waals surface area contributed by atoms with Crippen LogP contribution in [0.25, 0.3) is 0 Å². The topological polar surface area (TPSA) is 46.3 Å². The monoisotopic (exact) mass is 406 g/mol. The van der Waals surface area contributed by atoms with Gasteiger partial charge in [-0.2, -0.15) is 0 Å². The van der Waals surface area contributed by atoms with E-state index in [1.54, 1.807) is 0 Å². The van der Waals surface area contributed by atoms with E-state index in [9.17, 15) is 4.79 Å². The van der Waals surface area contributed by atoms with Gasteiger partial charge in [-0.15, -0.1) is 0 Å². The number of hydrogen-bond donors (Lipinski definition) is 1. The Bertz CT molecular complexity index is 846. The van der Waals surface area contributed by atoms with Crippen molar-refractivity contribution >= 4 is 5.91 Å². The van der Waals surface area contributed by atoms with Gasteiger partial charge in [0.25, 0.3) is 0 Å². The average Bonchev–Trinajstić information content (AvgIpc) is 3.48. The van der Waals surface area contributed by atoms with Crippen LogP contribution in [0.1, 0.15) is 70.8 Å². The van der Waals surface area contributed by atoms with Crippen molar-refractivity contribution in [1.29, 1.82) is 0 Å². The highest BCUT2D eigenvalue weighted by molar-refractivity contribution is 5.85. The first-order chi connectivity index (χ1) is 14.3. The Balaban J connectivity index is 1.35. The van der Waals surface area contributed by atoms with Gasteiger partial charge >= 0.3 is 0 Å². The van der Waals surface area contributed by atoms with Crippen molar-refractivity contribution in [2.24, 2.45) is 40.2 Å². The number of amides is 1. The van der Waals surface area contributed by atoms with Crippen LogP contribution in [-0.4, -0.2) is 29.9 Å². The van der Waals surface area contributed by atoms with Crippen LogP contribution in [0.5, 0.6) is 0 Å². The van der Waals surface area contributed by atoms with Gasteiger partial charge in [0.1, 0.15) is 0 Å². The summed E-state index contributed by atoms with van der Waals surface area (Å²) < 4.78 is 0. The van der Waals surface area contributed by atoms with Gasteiger partial charge in [0.05, 0.1) is 5.41 Å². The lowest BCUT2D eigenvalue weighted by Crippen LogP contribution is -2.57. The first kappa shape index (κ1) is 19.3. The maximum atomic E-state index is 14.3. The van der Waals surface area contributed by atoms with Gasteiger partial charge in [-0.05, 0) is 78.6 Å². The Hall–Kier alpha value is -1.35. The molecule has 1 saturated heterocycles. The third-order valence-electron chi connectivity index (χ3n) is 10.1. The molecule has 0 spiro atoms. The van der Waals surface area contributed by atoms with Gasteiger partial charge in [0, 0.05) is 19.1 Å². The summed E-state index contributed by atoms with van der Waals surface area (Å²) in [5.74, 6) is 3.60. The predicted molar refractivity (Wildman–Crippen MR) is 120 cm³/mol. The fourth-order valence-corrected chi connectivity index (χ4v) is 8.45. The highest BCUT2D eigenvalue weighted by Gasteiger charge is 2.71. The molecule has 1 heterocycles. The molecule has 6 aliphatic rings. The Labute approximate surface area is 181 Å². The van der Waals surface area contributed by atoms with Crippen LogP contribution in [0.2, 0.25) is 0 Å². The Morgan fingerprint density at radius 3 is 2.57 bits per heavy atom. The van der Waals surface area contributed by atoms with Gasteiger partial charge in [-0.1, -0.05) is 57.0 Å². The maximum absolute atomic E-state index is 14.3. The molecule has 0 radical (unpaired) electrons. The molecule has 4 bridgehead atoms. The number of benzene rings is 1. The van der Waals surface area contributed by atoms with Crippen LogP contribution in [0, 0.1) is 34.5 Å². The molecule has 3 heteroatoms.